The van der Waals surface area contributed by atoms with E-state index in [0.29, 0.717) is 23.9 Å². The first-order chi connectivity index (χ1) is 29.6. The number of benzene rings is 3. The number of nitrogens with zero attached hydrogens (tertiary/aromatic N) is 8. The Morgan fingerprint density at radius 3 is 1.59 bits per heavy atom. The Bertz CT molecular complexity index is 2380. The van der Waals surface area contributed by atoms with Gasteiger partial charge in [-0.1, -0.05) is 114 Å². The minimum Gasteiger partial charge on any atom is -0.444 e. The quantitative estimate of drug-likeness (QED) is 0.156. The predicted octanol–water partition coefficient (Wildman–Crippen LogP) is 11.4. The average molecular weight is 936 g/mol. The number of amides is 1. The van der Waals surface area contributed by atoms with Gasteiger partial charge in [-0.3, -0.25) is 0 Å². The van der Waals surface area contributed by atoms with Crippen LogP contribution in [0.5, 0.6) is 0 Å². The number of hydrogen-bond donors (Lipinski definition) is 0. The number of halogens is 1. The maximum atomic E-state index is 12.5. The Balaban J connectivity index is 0.000000135. The number of hydrogen-bond acceptors (Lipinski definition) is 12. The largest absolute Gasteiger partial charge is 0.444 e. The number of fused-ring (bicyclic) bond motifs is 2. The van der Waals surface area contributed by atoms with Crippen molar-refractivity contribution in [3.8, 4) is 37.5 Å². The summed E-state index contributed by atoms with van der Waals surface area (Å²) in [7, 11) is 0. The van der Waals surface area contributed by atoms with Gasteiger partial charge in [-0.15, -0.1) is 11.3 Å². The molecule has 0 N–H and O–H groups in total. The van der Waals surface area contributed by atoms with Crippen molar-refractivity contribution in [3.63, 3.8) is 0 Å². The average Bonchev–Trinajstić information content (AvgIpc) is 4.14. The number of aromatic nitrogens is 3. The third-order valence-corrected chi connectivity index (χ3v) is 15.2. The third kappa shape index (κ3) is 10.6. The van der Waals surface area contributed by atoms with E-state index in [1.54, 1.807) is 34.0 Å². The molecule has 4 aliphatic rings. The summed E-state index contributed by atoms with van der Waals surface area (Å²) in [6.45, 7) is 11.1. The zero-order valence-corrected chi connectivity index (χ0v) is 38.8. The summed E-state index contributed by atoms with van der Waals surface area (Å²) in [4.78, 5) is 38.3. The van der Waals surface area contributed by atoms with Crippen LogP contribution in [0.3, 0.4) is 0 Å². The van der Waals surface area contributed by atoms with Crippen LogP contribution in [0.1, 0.15) is 46.5 Å². The Morgan fingerprint density at radius 1 is 0.672 bits per heavy atom. The van der Waals surface area contributed by atoms with Crippen molar-refractivity contribution in [2.45, 2.75) is 64.1 Å². The SMILES string of the molecule is Brc1ncc(-c2ccccc2)s1.CC(C)(C)OC(=O)N1CC2CCCN(c3ncc(-c4ccccc4)s3)C2C1.N#CN1CC2CCCN(c3ncc(-c4ccccc4)s3)C2C1. The maximum Gasteiger partial charge on any atom is 0.410 e. The molecule has 4 aliphatic heterocycles. The fraction of sp³-hybridized carbons (Fsp3) is 0.383. The molecule has 4 unspecified atom stereocenters. The van der Waals surface area contributed by atoms with Crippen molar-refractivity contribution >= 4 is 66.3 Å². The van der Waals surface area contributed by atoms with Crippen molar-refractivity contribution in [2.24, 2.45) is 11.8 Å². The lowest BCUT2D eigenvalue weighted by Gasteiger charge is -2.36. The third-order valence-electron chi connectivity index (χ3n) is 11.5. The molecule has 0 saturated carbocycles. The van der Waals surface area contributed by atoms with Gasteiger partial charge in [0.05, 0.1) is 26.7 Å². The molecule has 61 heavy (non-hydrogen) atoms. The van der Waals surface area contributed by atoms with Crippen LogP contribution in [0.4, 0.5) is 15.1 Å². The fourth-order valence-electron chi connectivity index (χ4n) is 8.65. The van der Waals surface area contributed by atoms with Crippen molar-refractivity contribution in [2.75, 3.05) is 49.1 Å². The standard InChI is InChI=1S/C21H27N3O2S.C17H18N4S.C9H6BrNS/c1-21(2,3)26-20(25)23-13-16-10-7-11-24(17(16)14-23)19-22-12-18(27-19)15-8-5-4-6-9-15;18-12-20-10-14-7-4-8-21(15(14)11-20)17-19-9-16(22-17)13-5-2-1-3-6-13;10-9-11-6-8(12-9)7-4-2-1-3-5-7/h4-6,8-9,12,16-17H,7,10-11,13-14H2,1-3H3;1-3,5-6,9,14-15H,4,7-8,10-11H2;1-6H. The van der Waals surface area contributed by atoms with Gasteiger partial charge in [-0.25, -0.2) is 19.7 Å². The maximum absolute atomic E-state index is 12.5. The predicted molar refractivity (Wildman–Crippen MR) is 253 cm³/mol. The summed E-state index contributed by atoms with van der Waals surface area (Å²) in [5.41, 5.74) is 3.20. The van der Waals surface area contributed by atoms with E-state index in [4.69, 9.17) is 15.0 Å². The number of piperidine rings is 2. The zero-order valence-electron chi connectivity index (χ0n) is 34.8. The summed E-state index contributed by atoms with van der Waals surface area (Å²) in [6, 6.07) is 31.8. The molecular formula is C47H51BrN8O2S3. The van der Waals surface area contributed by atoms with Gasteiger partial charge in [0.15, 0.2) is 20.4 Å². The molecule has 10 nitrogen and oxygen atoms in total. The molecule has 7 heterocycles. The minimum atomic E-state index is -0.454. The van der Waals surface area contributed by atoms with Gasteiger partial charge in [0, 0.05) is 57.9 Å². The number of ether oxygens (including phenoxy) is 1. The van der Waals surface area contributed by atoms with E-state index in [1.165, 1.54) is 44.2 Å². The summed E-state index contributed by atoms with van der Waals surface area (Å²) in [6.07, 6.45) is 12.7. The number of carbonyl (C=O) groups excluding carboxylic acids is 1. The van der Waals surface area contributed by atoms with Gasteiger partial charge >= 0.3 is 6.09 Å². The highest BCUT2D eigenvalue weighted by molar-refractivity contribution is 9.11. The highest BCUT2D eigenvalue weighted by atomic mass is 79.9. The number of thiazole rings is 3. The highest BCUT2D eigenvalue weighted by Crippen LogP contribution is 2.40. The van der Waals surface area contributed by atoms with Crippen LogP contribution in [0, 0.1) is 23.3 Å². The van der Waals surface area contributed by atoms with Crippen LogP contribution in [0.25, 0.3) is 31.3 Å². The number of rotatable bonds is 5. The number of nitriles is 1. The second-order valence-corrected chi connectivity index (χ2v) is 21.1. The molecule has 3 aromatic heterocycles. The lowest BCUT2D eigenvalue weighted by atomic mass is 9.92. The van der Waals surface area contributed by atoms with E-state index in [2.05, 4.69) is 103 Å². The summed E-state index contributed by atoms with van der Waals surface area (Å²) >= 11 is 8.49. The van der Waals surface area contributed by atoms with Gasteiger partial charge in [-0.05, 0) is 90.9 Å². The van der Waals surface area contributed by atoms with E-state index >= 15 is 0 Å². The topological polar surface area (TPSA) is 102 Å². The van der Waals surface area contributed by atoms with E-state index in [9.17, 15) is 4.79 Å². The molecule has 10 rings (SSSR count). The molecule has 14 heteroatoms. The van der Waals surface area contributed by atoms with Crippen molar-refractivity contribution in [1.82, 2.24) is 24.8 Å². The van der Waals surface area contributed by atoms with Crippen molar-refractivity contribution in [3.05, 3.63) is 114 Å². The molecule has 0 radical (unpaired) electrons. The second kappa shape index (κ2) is 19.5. The first-order valence-electron chi connectivity index (χ1n) is 21.0. The number of carbonyl (C=O) groups is 1. The summed E-state index contributed by atoms with van der Waals surface area (Å²) in [5, 5.41) is 11.3. The van der Waals surface area contributed by atoms with Crippen molar-refractivity contribution in [1.29, 1.82) is 5.26 Å². The van der Waals surface area contributed by atoms with Crippen LogP contribution in [-0.4, -0.2) is 87.8 Å². The smallest absolute Gasteiger partial charge is 0.410 e. The van der Waals surface area contributed by atoms with Crippen LogP contribution >= 0.6 is 49.9 Å². The van der Waals surface area contributed by atoms with Crippen LogP contribution in [0.2, 0.25) is 0 Å². The molecule has 0 aliphatic carbocycles. The Hall–Kier alpha value is -4.81. The normalized spacial score (nSPS) is 20.7. The highest BCUT2D eigenvalue weighted by Gasteiger charge is 2.43. The van der Waals surface area contributed by atoms with E-state index in [0.717, 1.165) is 66.3 Å². The molecular weight excluding hydrogens is 885 g/mol. The Kier molecular flexibility index (Phi) is 13.7. The molecule has 4 fully saturated rings. The van der Waals surface area contributed by atoms with Crippen LogP contribution < -0.4 is 9.80 Å². The monoisotopic (exact) mass is 934 g/mol. The molecule has 0 bridgehead atoms. The minimum absolute atomic E-state index is 0.194. The van der Waals surface area contributed by atoms with Gasteiger partial charge < -0.3 is 24.3 Å². The molecule has 6 aromatic rings. The first-order valence-corrected chi connectivity index (χ1v) is 24.2. The molecule has 4 saturated heterocycles. The molecule has 4 atom stereocenters. The summed E-state index contributed by atoms with van der Waals surface area (Å²) in [5.74, 6) is 1.10. The van der Waals surface area contributed by atoms with E-state index in [-0.39, 0.29) is 6.09 Å². The molecule has 0 spiro atoms. The lowest BCUT2D eigenvalue weighted by Crippen LogP contribution is -2.45. The van der Waals surface area contributed by atoms with Gasteiger partial charge in [0.25, 0.3) is 0 Å². The van der Waals surface area contributed by atoms with Crippen LogP contribution in [-0.2, 0) is 4.74 Å². The summed E-state index contributed by atoms with van der Waals surface area (Å²) < 4.78 is 6.52. The fourth-order valence-corrected chi connectivity index (χ4v) is 11.9. The number of likely N-dealkylation sites (tertiary alicyclic amines) is 2. The number of anilines is 2. The Labute approximate surface area is 379 Å². The van der Waals surface area contributed by atoms with Gasteiger partial charge in [0.1, 0.15) is 5.60 Å². The zero-order chi connectivity index (χ0) is 42.3. The lowest BCUT2D eigenvalue weighted by molar-refractivity contribution is 0.0287. The van der Waals surface area contributed by atoms with Crippen LogP contribution in [0.15, 0.2) is 114 Å². The second-order valence-electron chi connectivity index (χ2n) is 16.8. The molecule has 3 aromatic carbocycles. The van der Waals surface area contributed by atoms with Crippen molar-refractivity contribution < 1.29 is 9.53 Å². The van der Waals surface area contributed by atoms with Gasteiger partial charge in [-0.2, -0.15) is 5.26 Å². The van der Waals surface area contributed by atoms with E-state index < -0.39 is 5.60 Å². The first kappa shape index (κ1) is 42.9. The van der Waals surface area contributed by atoms with E-state index in [1.807, 2.05) is 79.5 Å². The Morgan fingerprint density at radius 2 is 1.13 bits per heavy atom. The molecule has 316 valence electrons. The van der Waals surface area contributed by atoms with Gasteiger partial charge in [0.2, 0.25) is 0 Å². The molecule has 1 amide bonds.